The SMILES string of the molecule is C=C1CC[C@@H]2[C@H]1[C@H]1OC(=O)C(=C)[C@@H]1CC[C@@]2(C)O[C@@H]1O[C@H](CO)[C@@H](O)[C@H](O)[C@H]1O. The molecule has 29 heavy (non-hydrogen) atoms. The molecular weight excluding hydrogens is 380 g/mol. The Bertz CT molecular complexity index is 705. The predicted octanol–water partition coefficient (Wildman–Crippen LogP) is 0.0356. The van der Waals surface area contributed by atoms with E-state index in [1.807, 2.05) is 6.92 Å². The maximum atomic E-state index is 12.1. The zero-order valence-electron chi connectivity index (χ0n) is 16.6. The summed E-state index contributed by atoms with van der Waals surface area (Å²) in [7, 11) is 0. The Hall–Kier alpha value is -1.29. The van der Waals surface area contributed by atoms with E-state index in [1.165, 1.54) is 0 Å². The van der Waals surface area contributed by atoms with Gasteiger partial charge in [-0.15, -0.1) is 0 Å². The van der Waals surface area contributed by atoms with Crippen LogP contribution in [0, 0.1) is 17.8 Å². The minimum absolute atomic E-state index is 0.0175. The van der Waals surface area contributed by atoms with Crippen molar-refractivity contribution in [2.24, 2.45) is 17.8 Å². The highest BCUT2D eigenvalue weighted by atomic mass is 16.7. The second kappa shape index (κ2) is 7.44. The topological polar surface area (TPSA) is 126 Å². The summed E-state index contributed by atoms with van der Waals surface area (Å²) >= 11 is 0. The van der Waals surface area contributed by atoms with Crippen molar-refractivity contribution in [2.45, 2.75) is 75.0 Å². The van der Waals surface area contributed by atoms with Gasteiger partial charge >= 0.3 is 5.97 Å². The molecule has 0 aromatic rings. The van der Waals surface area contributed by atoms with E-state index in [0.717, 1.165) is 18.4 Å². The minimum atomic E-state index is -1.49. The molecule has 2 saturated carbocycles. The first kappa shape index (κ1) is 21.0. The number of carbonyl (C=O) groups excluding carboxylic acids is 1. The number of hydrogen-bond donors (Lipinski definition) is 4. The molecule has 2 aliphatic carbocycles. The van der Waals surface area contributed by atoms with Gasteiger partial charge in [-0.2, -0.15) is 0 Å². The van der Waals surface area contributed by atoms with Crippen molar-refractivity contribution in [2.75, 3.05) is 6.61 Å². The molecule has 10 atom stereocenters. The van der Waals surface area contributed by atoms with Gasteiger partial charge in [-0.1, -0.05) is 18.7 Å². The molecule has 0 spiro atoms. The number of aliphatic hydroxyl groups is 4. The molecule has 4 aliphatic rings. The molecule has 2 aliphatic heterocycles. The second-order valence-corrected chi connectivity index (χ2v) is 9.00. The number of rotatable bonds is 3. The Morgan fingerprint density at radius 3 is 2.59 bits per heavy atom. The monoisotopic (exact) mass is 410 g/mol. The number of ether oxygens (including phenoxy) is 3. The van der Waals surface area contributed by atoms with Gasteiger partial charge < -0.3 is 34.6 Å². The van der Waals surface area contributed by atoms with E-state index in [0.29, 0.717) is 18.4 Å². The van der Waals surface area contributed by atoms with Gasteiger partial charge in [0.15, 0.2) is 6.29 Å². The number of fused-ring (bicyclic) bond motifs is 3. The third-order valence-electron chi connectivity index (χ3n) is 7.35. The largest absolute Gasteiger partial charge is 0.458 e. The number of esters is 1. The summed E-state index contributed by atoms with van der Waals surface area (Å²) in [6.07, 6.45) is -4.13. The molecule has 8 nitrogen and oxygen atoms in total. The van der Waals surface area contributed by atoms with Crippen LogP contribution in [0.3, 0.4) is 0 Å². The average Bonchev–Trinajstić information content (AvgIpc) is 3.17. The smallest absolute Gasteiger partial charge is 0.334 e. The zero-order chi connectivity index (χ0) is 21.1. The minimum Gasteiger partial charge on any atom is -0.458 e. The van der Waals surface area contributed by atoms with Gasteiger partial charge in [0.1, 0.15) is 30.5 Å². The maximum absolute atomic E-state index is 12.1. The molecule has 8 heteroatoms. The van der Waals surface area contributed by atoms with Crippen molar-refractivity contribution in [3.05, 3.63) is 24.3 Å². The number of aliphatic hydroxyl groups excluding tert-OH is 4. The zero-order valence-corrected chi connectivity index (χ0v) is 16.6. The summed E-state index contributed by atoms with van der Waals surface area (Å²) in [5.41, 5.74) is 0.748. The Kier molecular flexibility index (Phi) is 5.38. The standard InChI is InChI=1S/C21H30O8/c1-9-4-5-12-14(9)18-11(10(2)19(26)28-18)6-7-21(12,3)29-20-17(25)16(24)15(23)13(8-22)27-20/h11-18,20,22-25H,1-2,4-8H2,3H3/t11-,12+,13+,14-,15+,16-,17+,18-,20-,21+/m0/s1. The molecule has 0 unspecified atom stereocenters. The molecule has 2 saturated heterocycles. The summed E-state index contributed by atoms with van der Waals surface area (Å²) in [4.78, 5) is 12.1. The fraction of sp³-hybridized carbons (Fsp3) is 0.762. The molecule has 4 fully saturated rings. The van der Waals surface area contributed by atoms with E-state index in [9.17, 15) is 25.2 Å². The Morgan fingerprint density at radius 2 is 1.90 bits per heavy atom. The average molecular weight is 410 g/mol. The second-order valence-electron chi connectivity index (χ2n) is 9.00. The number of carbonyl (C=O) groups is 1. The molecule has 162 valence electrons. The molecule has 0 aromatic carbocycles. The Labute approximate surface area is 169 Å². The first-order valence-corrected chi connectivity index (χ1v) is 10.2. The van der Waals surface area contributed by atoms with Crippen molar-refractivity contribution < 1.29 is 39.4 Å². The molecule has 4 rings (SSSR count). The van der Waals surface area contributed by atoms with Gasteiger partial charge in [-0.25, -0.2) is 4.79 Å². The predicted molar refractivity (Wildman–Crippen MR) is 100 cm³/mol. The van der Waals surface area contributed by atoms with Crippen LogP contribution < -0.4 is 0 Å². The van der Waals surface area contributed by atoms with Gasteiger partial charge in [0, 0.05) is 17.4 Å². The summed E-state index contributed by atoms with van der Waals surface area (Å²) < 4.78 is 17.5. The maximum Gasteiger partial charge on any atom is 0.334 e. The van der Waals surface area contributed by atoms with Crippen molar-refractivity contribution in [1.82, 2.24) is 0 Å². The Morgan fingerprint density at radius 1 is 1.17 bits per heavy atom. The van der Waals surface area contributed by atoms with Gasteiger partial charge in [0.25, 0.3) is 0 Å². The molecule has 2 heterocycles. The van der Waals surface area contributed by atoms with Crippen LogP contribution in [-0.2, 0) is 19.0 Å². The van der Waals surface area contributed by atoms with Gasteiger partial charge in [0.05, 0.1) is 12.2 Å². The molecule has 4 N–H and O–H groups in total. The van der Waals surface area contributed by atoms with Crippen molar-refractivity contribution in [3.8, 4) is 0 Å². The van der Waals surface area contributed by atoms with Gasteiger partial charge in [-0.05, 0) is 38.5 Å². The third kappa shape index (κ3) is 3.26. The van der Waals surface area contributed by atoms with E-state index in [2.05, 4.69) is 13.2 Å². The van der Waals surface area contributed by atoms with E-state index >= 15 is 0 Å². The van der Waals surface area contributed by atoms with Crippen LogP contribution in [0.15, 0.2) is 24.3 Å². The van der Waals surface area contributed by atoms with Crippen molar-refractivity contribution >= 4 is 5.97 Å². The summed E-state index contributed by atoms with van der Waals surface area (Å²) in [5, 5.41) is 40.0. The van der Waals surface area contributed by atoms with Crippen LogP contribution in [0.4, 0.5) is 0 Å². The molecular formula is C21H30O8. The summed E-state index contributed by atoms with van der Waals surface area (Å²) in [6.45, 7) is 9.55. The lowest BCUT2D eigenvalue weighted by Gasteiger charge is -2.46. The molecule has 0 aromatic heterocycles. The van der Waals surface area contributed by atoms with Gasteiger partial charge in [0.2, 0.25) is 0 Å². The Balaban J connectivity index is 1.61. The van der Waals surface area contributed by atoms with E-state index in [1.54, 1.807) is 0 Å². The fourth-order valence-electron chi connectivity index (χ4n) is 5.62. The summed E-state index contributed by atoms with van der Waals surface area (Å²) in [5.74, 6) is -0.557. The highest BCUT2D eigenvalue weighted by Crippen LogP contribution is 2.55. The third-order valence-corrected chi connectivity index (χ3v) is 7.35. The lowest BCUT2D eigenvalue weighted by molar-refractivity contribution is -0.332. The highest BCUT2D eigenvalue weighted by Gasteiger charge is 2.58. The van der Waals surface area contributed by atoms with Crippen LogP contribution in [0.1, 0.15) is 32.6 Å². The molecule has 0 amide bonds. The van der Waals surface area contributed by atoms with Crippen molar-refractivity contribution in [1.29, 1.82) is 0 Å². The van der Waals surface area contributed by atoms with Crippen LogP contribution >= 0.6 is 0 Å². The van der Waals surface area contributed by atoms with E-state index in [4.69, 9.17) is 14.2 Å². The highest BCUT2D eigenvalue weighted by molar-refractivity contribution is 5.90. The lowest BCUT2D eigenvalue weighted by Crippen LogP contribution is -2.61. The normalized spacial score (nSPS) is 50.1. The van der Waals surface area contributed by atoms with E-state index < -0.39 is 42.9 Å². The van der Waals surface area contributed by atoms with Crippen molar-refractivity contribution in [3.63, 3.8) is 0 Å². The van der Waals surface area contributed by atoms with Crippen LogP contribution in [0.25, 0.3) is 0 Å². The van der Waals surface area contributed by atoms with Gasteiger partial charge in [-0.3, -0.25) is 0 Å². The fourth-order valence-corrected chi connectivity index (χ4v) is 5.62. The first-order valence-electron chi connectivity index (χ1n) is 10.2. The lowest BCUT2D eigenvalue weighted by atomic mass is 9.77. The van der Waals surface area contributed by atoms with E-state index in [-0.39, 0.29) is 29.8 Å². The first-order chi connectivity index (χ1) is 13.7. The van der Waals surface area contributed by atoms with Crippen LogP contribution in [0.5, 0.6) is 0 Å². The van der Waals surface area contributed by atoms with Crippen LogP contribution in [-0.4, -0.2) is 75.4 Å². The number of hydrogen-bond acceptors (Lipinski definition) is 8. The molecule has 0 bridgehead atoms. The van der Waals surface area contributed by atoms with Crippen LogP contribution in [0.2, 0.25) is 0 Å². The quantitative estimate of drug-likeness (QED) is 0.292. The molecule has 0 radical (unpaired) electrons. The summed E-state index contributed by atoms with van der Waals surface area (Å²) in [6, 6.07) is 0.